The van der Waals surface area contributed by atoms with Crippen molar-refractivity contribution in [3.8, 4) is 0 Å². The summed E-state index contributed by atoms with van der Waals surface area (Å²) >= 11 is 0. The lowest BCUT2D eigenvalue weighted by atomic mass is 9.87. The quantitative estimate of drug-likeness (QED) is 0.666. The number of H-pyrrole nitrogens is 1. The molecule has 2 aromatic rings. The fourth-order valence-electron chi connectivity index (χ4n) is 4.04. The second-order valence-corrected chi connectivity index (χ2v) is 6.65. The van der Waals surface area contributed by atoms with Crippen molar-refractivity contribution in [2.75, 3.05) is 13.7 Å². The van der Waals surface area contributed by atoms with E-state index in [9.17, 15) is 14.4 Å². The third kappa shape index (κ3) is 1.83. The molecule has 1 aromatic carbocycles. The minimum atomic E-state index is -1.13. The van der Waals surface area contributed by atoms with Gasteiger partial charge < -0.3 is 14.6 Å². The monoisotopic (exact) mass is 341 g/mol. The van der Waals surface area contributed by atoms with Crippen LogP contribution in [0.2, 0.25) is 0 Å². The summed E-state index contributed by atoms with van der Waals surface area (Å²) < 4.78 is 4.71. The zero-order chi connectivity index (χ0) is 17.9. The first kappa shape index (κ1) is 15.7. The zero-order valence-corrected chi connectivity index (χ0v) is 14.3. The highest BCUT2D eigenvalue weighted by Gasteiger charge is 2.60. The maximum atomic E-state index is 13.2. The van der Waals surface area contributed by atoms with E-state index >= 15 is 0 Å². The van der Waals surface area contributed by atoms with Crippen molar-refractivity contribution < 1.29 is 19.1 Å². The molecule has 3 amide bonds. The van der Waals surface area contributed by atoms with Crippen LogP contribution in [0.5, 0.6) is 0 Å². The molecule has 1 aromatic heterocycles. The summed E-state index contributed by atoms with van der Waals surface area (Å²) in [5.41, 5.74) is 1.60. The number of carbonyl (C=O) groups is 3. The number of hydrogen-bond donors (Lipinski definition) is 1. The van der Waals surface area contributed by atoms with E-state index in [1.54, 1.807) is 11.8 Å². The third-order valence-corrected chi connectivity index (χ3v) is 5.43. The van der Waals surface area contributed by atoms with Crippen molar-refractivity contribution in [2.45, 2.75) is 31.8 Å². The number of urea groups is 1. The van der Waals surface area contributed by atoms with Gasteiger partial charge in [-0.2, -0.15) is 0 Å². The molecule has 0 spiro atoms. The first-order chi connectivity index (χ1) is 11.9. The largest absolute Gasteiger partial charge is 0.467 e. The van der Waals surface area contributed by atoms with Gasteiger partial charge in [-0.1, -0.05) is 18.2 Å². The number of nitrogens with one attached hydrogen (secondary N) is 1. The number of fused-ring (bicyclic) bond motifs is 5. The van der Waals surface area contributed by atoms with Crippen LogP contribution in [0, 0.1) is 0 Å². The molecule has 2 atom stereocenters. The molecule has 4 rings (SSSR count). The number of rotatable bonds is 2. The van der Waals surface area contributed by atoms with Crippen molar-refractivity contribution in [1.82, 2.24) is 14.8 Å². The average Bonchev–Trinajstić information content (AvgIpc) is 3.09. The van der Waals surface area contributed by atoms with Crippen LogP contribution in [-0.4, -0.2) is 52.4 Å². The van der Waals surface area contributed by atoms with Crippen LogP contribution in [0.4, 0.5) is 4.79 Å². The normalized spacial score (nSPS) is 23.6. The van der Waals surface area contributed by atoms with Gasteiger partial charge in [0.25, 0.3) is 5.91 Å². The van der Waals surface area contributed by atoms with Gasteiger partial charge in [-0.15, -0.1) is 0 Å². The second kappa shape index (κ2) is 5.08. The molecule has 25 heavy (non-hydrogen) atoms. The van der Waals surface area contributed by atoms with E-state index in [4.69, 9.17) is 4.74 Å². The fraction of sp³-hybridized carbons (Fsp3) is 0.389. The third-order valence-electron chi connectivity index (χ3n) is 5.43. The number of hydrogen-bond acceptors (Lipinski definition) is 4. The molecule has 0 radical (unpaired) electrons. The Kier molecular flexibility index (Phi) is 3.19. The number of amides is 3. The number of aromatic nitrogens is 1. The minimum absolute atomic E-state index is 0.400. The highest BCUT2D eigenvalue weighted by Crippen LogP contribution is 2.44. The van der Waals surface area contributed by atoms with Gasteiger partial charge in [0.05, 0.1) is 12.8 Å². The highest BCUT2D eigenvalue weighted by atomic mass is 16.5. The number of ether oxygens (including phenoxy) is 1. The van der Waals surface area contributed by atoms with Crippen molar-refractivity contribution in [3.63, 3.8) is 0 Å². The number of esters is 1. The fourth-order valence-corrected chi connectivity index (χ4v) is 4.04. The summed E-state index contributed by atoms with van der Waals surface area (Å²) in [6.45, 7) is 3.68. The van der Waals surface area contributed by atoms with Gasteiger partial charge in [-0.05, 0) is 31.9 Å². The lowest BCUT2D eigenvalue weighted by molar-refractivity contribution is -0.150. The average molecular weight is 341 g/mol. The Balaban J connectivity index is 1.87. The predicted octanol–water partition coefficient (Wildman–Crippen LogP) is 1.76. The Morgan fingerprint density at radius 1 is 1.32 bits per heavy atom. The molecule has 1 N–H and O–H groups in total. The van der Waals surface area contributed by atoms with Crippen molar-refractivity contribution >= 4 is 28.8 Å². The molecule has 1 saturated heterocycles. The first-order valence-corrected chi connectivity index (χ1v) is 8.24. The number of aromatic amines is 1. The summed E-state index contributed by atoms with van der Waals surface area (Å²) in [4.78, 5) is 43.8. The molecular weight excluding hydrogens is 322 g/mol. The second-order valence-electron chi connectivity index (χ2n) is 6.65. The van der Waals surface area contributed by atoms with Crippen LogP contribution >= 0.6 is 0 Å². The van der Waals surface area contributed by atoms with Crippen molar-refractivity contribution in [1.29, 1.82) is 0 Å². The maximum Gasteiger partial charge on any atom is 0.328 e. The van der Waals surface area contributed by atoms with Gasteiger partial charge in [-0.25, -0.2) is 14.5 Å². The van der Waals surface area contributed by atoms with E-state index in [-0.39, 0.29) is 0 Å². The molecule has 2 aliphatic rings. The number of imide groups is 1. The number of carbonyl (C=O) groups excluding carboxylic acids is 3. The van der Waals surface area contributed by atoms with E-state index in [1.807, 2.05) is 24.3 Å². The molecular formula is C18H19N3O4. The van der Waals surface area contributed by atoms with Crippen molar-refractivity contribution in [2.24, 2.45) is 0 Å². The lowest BCUT2D eigenvalue weighted by Crippen LogP contribution is -2.49. The summed E-state index contributed by atoms with van der Waals surface area (Å²) in [5, 5.41) is 1.07. The number of methoxy groups -OCH3 is 1. The van der Waals surface area contributed by atoms with E-state index in [0.717, 1.165) is 27.1 Å². The molecule has 0 bridgehead atoms. The highest BCUT2D eigenvalue weighted by molar-refractivity contribution is 6.10. The summed E-state index contributed by atoms with van der Waals surface area (Å²) in [5.74, 6) is -1.01. The maximum absolute atomic E-state index is 13.2. The molecule has 130 valence electrons. The van der Waals surface area contributed by atoms with E-state index in [2.05, 4.69) is 4.98 Å². The van der Waals surface area contributed by atoms with Gasteiger partial charge in [0.1, 0.15) is 6.04 Å². The van der Waals surface area contributed by atoms with Crippen molar-refractivity contribution in [3.05, 3.63) is 35.5 Å². The van der Waals surface area contributed by atoms with E-state index < -0.39 is 29.5 Å². The van der Waals surface area contributed by atoms with E-state index in [0.29, 0.717) is 13.0 Å². The van der Waals surface area contributed by atoms with Crippen LogP contribution in [0.3, 0.4) is 0 Å². The topological polar surface area (TPSA) is 82.7 Å². The van der Waals surface area contributed by atoms with Crippen LogP contribution in [-0.2, 0) is 26.3 Å². The Bertz CT molecular complexity index is 918. The molecule has 0 unspecified atom stereocenters. The Labute approximate surface area is 144 Å². The molecule has 1 fully saturated rings. The van der Waals surface area contributed by atoms with Crippen LogP contribution in [0.1, 0.15) is 25.1 Å². The van der Waals surface area contributed by atoms with Gasteiger partial charge in [0.2, 0.25) is 0 Å². The number of para-hydroxylation sites is 1. The number of nitrogens with zero attached hydrogens (tertiary/aromatic N) is 2. The van der Waals surface area contributed by atoms with Gasteiger partial charge >= 0.3 is 12.0 Å². The Morgan fingerprint density at radius 3 is 2.76 bits per heavy atom. The first-order valence-electron chi connectivity index (χ1n) is 8.24. The van der Waals surface area contributed by atoms with Gasteiger partial charge in [0.15, 0.2) is 5.54 Å². The van der Waals surface area contributed by atoms with Crippen LogP contribution in [0.15, 0.2) is 24.3 Å². The van der Waals surface area contributed by atoms with E-state index in [1.165, 1.54) is 14.0 Å². The standard InChI is InChI=1S/C18H19N3O4/c1-10(15(22)25-3)21-16(23)18(2)14-12(8-9-20(18)17(21)24)11-6-4-5-7-13(11)19-14/h4-7,10,19H,8-9H2,1-3H3/t10-,18+/m0/s1. The molecule has 7 nitrogen and oxygen atoms in total. The summed E-state index contributed by atoms with van der Waals surface area (Å²) in [6, 6.07) is 6.45. The molecule has 7 heteroatoms. The van der Waals surface area contributed by atoms with Crippen LogP contribution in [0.25, 0.3) is 10.9 Å². The lowest BCUT2D eigenvalue weighted by Gasteiger charge is -2.36. The molecule has 2 aliphatic heterocycles. The van der Waals surface area contributed by atoms with Crippen LogP contribution < -0.4 is 0 Å². The summed E-state index contributed by atoms with van der Waals surface area (Å²) in [7, 11) is 1.24. The predicted molar refractivity (Wildman–Crippen MR) is 89.8 cm³/mol. The smallest absolute Gasteiger partial charge is 0.328 e. The SMILES string of the molecule is COC(=O)[C@H](C)N1C(=O)N2CCc3c([nH]c4ccccc34)[C@]2(C)C1=O. The Hall–Kier alpha value is -2.83. The molecule has 0 aliphatic carbocycles. The van der Waals surface area contributed by atoms with Gasteiger partial charge in [-0.3, -0.25) is 4.79 Å². The zero-order valence-electron chi connectivity index (χ0n) is 14.3. The number of benzene rings is 1. The van der Waals surface area contributed by atoms with Gasteiger partial charge in [0, 0.05) is 17.4 Å². The minimum Gasteiger partial charge on any atom is -0.467 e. The Morgan fingerprint density at radius 2 is 2.04 bits per heavy atom. The molecule has 0 saturated carbocycles. The molecule has 3 heterocycles. The summed E-state index contributed by atoms with van der Waals surface area (Å²) in [6.07, 6.45) is 0.661.